The van der Waals surface area contributed by atoms with Crippen molar-refractivity contribution in [1.29, 1.82) is 0 Å². The molecule has 5 nitrogen and oxygen atoms in total. The normalized spacial score (nSPS) is 12.2. The first kappa shape index (κ1) is 21.9. The number of anilines is 1. The van der Waals surface area contributed by atoms with Gasteiger partial charge in [0.2, 0.25) is 0 Å². The van der Waals surface area contributed by atoms with E-state index in [9.17, 15) is 13.2 Å². The van der Waals surface area contributed by atoms with Gasteiger partial charge in [-0.25, -0.2) is 8.42 Å². The van der Waals surface area contributed by atoms with Crippen LogP contribution in [0.2, 0.25) is 5.02 Å². The van der Waals surface area contributed by atoms with E-state index in [1.54, 1.807) is 24.3 Å². The number of sulfonamides is 1. The largest absolute Gasteiger partial charge is 0.350 e. The van der Waals surface area contributed by atoms with Gasteiger partial charge in [-0.2, -0.15) is 0 Å². The fourth-order valence-electron chi connectivity index (χ4n) is 2.95. The minimum Gasteiger partial charge on any atom is -0.350 e. The van der Waals surface area contributed by atoms with Crippen LogP contribution < -0.4 is 10.0 Å². The summed E-state index contributed by atoms with van der Waals surface area (Å²) in [6, 6.07) is 22.6. The van der Waals surface area contributed by atoms with Gasteiger partial charge in [-0.15, -0.1) is 0 Å². The number of carbonyl (C=O) groups is 1. The Bertz CT molecular complexity index is 1100. The van der Waals surface area contributed by atoms with Gasteiger partial charge in [-0.1, -0.05) is 60.1 Å². The number of nitrogens with one attached hydrogen (secondary N) is 2. The van der Waals surface area contributed by atoms with Crippen LogP contribution in [0.4, 0.5) is 5.69 Å². The summed E-state index contributed by atoms with van der Waals surface area (Å²) >= 11 is 6.24. The van der Waals surface area contributed by atoms with Gasteiger partial charge in [0, 0.05) is 11.6 Å². The van der Waals surface area contributed by atoms with Crippen LogP contribution in [0.3, 0.4) is 0 Å². The van der Waals surface area contributed by atoms with Crippen molar-refractivity contribution < 1.29 is 13.2 Å². The van der Waals surface area contributed by atoms with Crippen molar-refractivity contribution in [2.24, 2.45) is 0 Å². The third-order valence-electron chi connectivity index (χ3n) is 4.62. The van der Waals surface area contributed by atoms with Gasteiger partial charge in [0.15, 0.2) is 0 Å². The Labute approximate surface area is 182 Å². The molecule has 30 heavy (non-hydrogen) atoms. The van der Waals surface area contributed by atoms with Gasteiger partial charge in [-0.05, 0) is 55.7 Å². The zero-order valence-corrected chi connectivity index (χ0v) is 18.1. The lowest BCUT2D eigenvalue weighted by molar-refractivity contribution is 0.0938. The Hall–Kier alpha value is -2.83. The van der Waals surface area contributed by atoms with Crippen LogP contribution in [-0.2, 0) is 16.4 Å². The number of hydrogen-bond donors (Lipinski definition) is 2. The highest BCUT2D eigenvalue weighted by Gasteiger charge is 2.17. The Morgan fingerprint density at radius 1 is 0.967 bits per heavy atom. The number of amides is 1. The van der Waals surface area contributed by atoms with Crippen molar-refractivity contribution in [2.45, 2.75) is 30.7 Å². The molecule has 3 aromatic carbocycles. The zero-order valence-electron chi connectivity index (χ0n) is 16.5. The molecule has 1 amide bonds. The molecule has 7 heteroatoms. The molecule has 0 saturated carbocycles. The second-order valence-electron chi connectivity index (χ2n) is 7.01. The lowest BCUT2D eigenvalue weighted by Crippen LogP contribution is -2.32. The standard InChI is InChI=1S/C23H23ClN2O3S/c1-17(12-13-18-8-4-2-5-9-18)25-23(27)19-14-15-22(21(24)16-19)26-30(28,29)20-10-6-3-7-11-20/h2-11,14-17,26H,12-13H2,1H3,(H,25,27)/t17-/m1/s1. The van der Waals surface area contributed by atoms with Crippen LogP contribution in [0.25, 0.3) is 0 Å². The van der Waals surface area contributed by atoms with Crippen LogP contribution in [-0.4, -0.2) is 20.4 Å². The molecule has 0 aliphatic heterocycles. The van der Waals surface area contributed by atoms with Crippen LogP contribution in [0.5, 0.6) is 0 Å². The molecule has 0 fully saturated rings. The van der Waals surface area contributed by atoms with Gasteiger partial charge in [0.25, 0.3) is 15.9 Å². The summed E-state index contributed by atoms with van der Waals surface area (Å²) in [6.45, 7) is 1.95. The second-order valence-corrected chi connectivity index (χ2v) is 9.10. The molecule has 0 saturated heterocycles. The molecule has 1 atom stereocenters. The molecule has 0 unspecified atom stereocenters. The molecule has 2 N–H and O–H groups in total. The van der Waals surface area contributed by atoms with Gasteiger partial charge in [-0.3, -0.25) is 9.52 Å². The highest BCUT2D eigenvalue weighted by Crippen LogP contribution is 2.26. The maximum atomic E-state index is 12.5. The van der Waals surface area contributed by atoms with Gasteiger partial charge in [0.1, 0.15) is 0 Å². The molecular formula is C23H23ClN2O3S. The van der Waals surface area contributed by atoms with E-state index in [2.05, 4.69) is 22.2 Å². The van der Waals surface area contributed by atoms with E-state index in [1.807, 2.05) is 25.1 Å². The fraction of sp³-hybridized carbons (Fsp3) is 0.174. The van der Waals surface area contributed by atoms with Gasteiger partial charge >= 0.3 is 0 Å². The quantitative estimate of drug-likeness (QED) is 0.521. The number of halogens is 1. The summed E-state index contributed by atoms with van der Waals surface area (Å²) in [4.78, 5) is 12.7. The molecule has 3 aromatic rings. The first-order valence-electron chi connectivity index (χ1n) is 9.57. The highest BCUT2D eigenvalue weighted by molar-refractivity contribution is 7.92. The molecule has 0 aromatic heterocycles. The van der Waals surface area contributed by atoms with Crippen molar-refractivity contribution in [3.8, 4) is 0 Å². The summed E-state index contributed by atoms with van der Waals surface area (Å²) in [6.07, 6.45) is 1.67. The van der Waals surface area contributed by atoms with Gasteiger partial charge in [0.05, 0.1) is 15.6 Å². The van der Waals surface area contributed by atoms with Crippen molar-refractivity contribution >= 4 is 33.2 Å². The number of hydrogen-bond acceptors (Lipinski definition) is 3. The molecular weight excluding hydrogens is 420 g/mol. The summed E-state index contributed by atoms with van der Waals surface area (Å²) in [5, 5.41) is 3.10. The Morgan fingerprint density at radius 2 is 1.60 bits per heavy atom. The van der Waals surface area contributed by atoms with Crippen molar-refractivity contribution in [3.63, 3.8) is 0 Å². The van der Waals surface area contributed by atoms with E-state index in [0.29, 0.717) is 5.56 Å². The van der Waals surface area contributed by atoms with Gasteiger partial charge < -0.3 is 5.32 Å². The molecule has 0 radical (unpaired) electrons. The Kier molecular flexibility index (Phi) is 7.13. The average Bonchev–Trinajstić information content (AvgIpc) is 2.75. The highest BCUT2D eigenvalue weighted by atomic mass is 35.5. The molecule has 3 rings (SSSR count). The number of rotatable bonds is 8. The Balaban J connectivity index is 1.62. The van der Waals surface area contributed by atoms with Crippen molar-refractivity contribution in [1.82, 2.24) is 5.32 Å². The Morgan fingerprint density at radius 3 is 2.23 bits per heavy atom. The smallest absolute Gasteiger partial charge is 0.261 e. The molecule has 0 bridgehead atoms. The zero-order chi connectivity index (χ0) is 21.6. The van der Waals surface area contributed by atoms with Crippen molar-refractivity contribution in [2.75, 3.05) is 4.72 Å². The van der Waals surface area contributed by atoms with Crippen molar-refractivity contribution in [3.05, 3.63) is 95.0 Å². The summed E-state index contributed by atoms with van der Waals surface area (Å²) < 4.78 is 27.4. The molecule has 156 valence electrons. The predicted octanol–water partition coefficient (Wildman–Crippen LogP) is 4.89. The number of benzene rings is 3. The SMILES string of the molecule is C[C@H](CCc1ccccc1)NC(=O)c1ccc(NS(=O)(=O)c2ccccc2)c(Cl)c1. The fourth-order valence-corrected chi connectivity index (χ4v) is 4.33. The minimum atomic E-state index is -3.76. The van der Waals surface area contributed by atoms with E-state index >= 15 is 0 Å². The first-order chi connectivity index (χ1) is 14.3. The summed E-state index contributed by atoms with van der Waals surface area (Å²) in [7, 11) is -3.76. The van der Waals surface area contributed by atoms with E-state index in [4.69, 9.17) is 11.6 Å². The van der Waals surface area contributed by atoms with Crippen LogP contribution in [0, 0.1) is 0 Å². The first-order valence-corrected chi connectivity index (χ1v) is 11.4. The van der Waals surface area contributed by atoms with E-state index < -0.39 is 10.0 Å². The maximum Gasteiger partial charge on any atom is 0.261 e. The predicted molar refractivity (Wildman–Crippen MR) is 120 cm³/mol. The maximum absolute atomic E-state index is 12.5. The lowest BCUT2D eigenvalue weighted by atomic mass is 10.1. The van der Waals surface area contributed by atoms with Crippen LogP contribution in [0.1, 0.15) is 29.3 Å². The monoisotopic (exact) mass is 442 g/mol. The van der Waals surface area contributed by atoms with E-state index in [-0.39, 0.29) is 27.6 Å². The molecule has 0 spiro atoms. The topological polar surface area (TPSA) is 75.3 Å². The lowest BCUT2D eigenvalue weighted by Gasteiger charge is -2.15. The minimum absolute atomic E-state index is 0.0206. The summed E-state index contributed by atoms with van der Waals surface area (Å²) in [5.41, 5.74) is 1.81. The second kappa shape index (κ2) is 9.78. The average molecular weight is 443 g/mol. The molecule has 0 aliphatic carbocycles. The van der Waals surface area contributed by atoms with Crippen LogP contribution >= 0.6 is 11.6 Å². The number of aryl methyl sites for hydroxylation is 1. The van der Waals surface area contributed by atoms with Crippen LogP contribution in [0.15, 0.2) is 83.8 Å². The summed E-state index contributed by atoms with van der Waals surface area (Å²) in [5.74, 6) is -0.255. The molecule has 0 aliphatic rings. The molecule has 0 heterocycles. The third-order valence-corrected chi connectivity index (χ3v) is 6.31. The third kappa shape index (κ3) is 5.84. The number of carbonyl (C=O) groups excluding carboxylic acids is 1. The van der Waals surface area contributed by atoms with E-state index in [0.717, 1.165) is 12.8 Å². The van der Waals surface area contributed by atoms with E-state index in [1.165, 1.54) is 29.8 Å².